The van der Waals surface area contributed by atoms with Crippen molar-refractivity contribution in [3.05, 3.63) is 5.69 Å². The van der Waals surface area contributed by atoms with E-state index in [1.165, 1.54) is 11.4 Å². The Kier molecular flexibility index (Phi) is 5.76. The topological polar surface area (TPSA) is 126 Å². The number of methoxy groups -OCH3 is 1. The average Bonchev–Trinajstić information content (AvgIpc) is 2.90. The van der Waals surface area contributed by atoms with Crippen LogP contribution in [0.2, 0.25) is 0 Å². The molecule has 0 aromatic carbocycles. The van der Waals surface area contributed by atoms with E-state index in [1.54, 1.807) is 0 Å². The molecule has 2 rings (SSSR count). The van der Waals surface area contributed by atoms with E-state index in [2.05, 4.69) is 10.3 Å². The van der Waals surface area contributed by atoms with Crippen LogP contribution in [0.3, 0.4) is 0 Å². The van der Waals surface area contributed by atoms with Gasteiger partial charge in [0.05, 0.1) is 11.7 Å². The van der Waals surface area contributed by atoms with Gasteiger partial charge < -0.3 is 10.1 Å². The Bertz CT molecular complexity index is 758. The lowest BCUT2D eigenvalue weighted by molar-refractivity contribution is 0.185. The van der Waals surface area contributed by atoms with Crippen LogP contribution in [0.15, 0.2) is 8.55 Å². The fourth-order valence-electron chi connectivity index (χ4n) is 2.32. The fraction of sp³-hybridized carbons (Fsp3) is 0.727. The molecule has 1 aliphatic rings. The summed E-state index contributed by atoms with van der Waals surface area (Å²) in [6.07, 6.45) is 0.522. The highest BCUT2D eigenvalue weighted by molar-refractivity contribution is 7.92. The molecule has 2 N–H and O–H groups in total. The van der Waals surface area contributed by atoms with E-state index in [0.717, 1.165) is 0 Å². The van der Waals surface area contributed by atoms with Crippen LogP contribution in [-0.4, -0.2) is 64.0 Å². The van der Waals surface area contributed by atoms with E-state index in [4.69, 9.17) is 9.29 Å². The summed E-state index contributed by atoms with van der Waals surface area (Å²) in [5.41, 5.74) is 0.146. The standard InChI is InChI=1S/C11H19N3O6S3/c1-3-12-8-7-14(5-4-6-20-2)22(15,16)10-9(8)13-11(21-10)23(17,18)19/h8,12H,3-7H2,1-2H3,(H,17,18,19)/t8-/m0/s1. The summed E-state index contributed by atoms with van der Waals surface area (Å²) in [4.78, 5) is 3.84. The maximum atomic E-state index is 12.6. The Hall–Kier alpha value is -0.630. The summed E-state index contributed by atoms with van der Waals surface area (Å²) in [6.45, 7) is 3.25. The van der Waals surface area contributed by atoms with Crippen molar-refractivity contribution in [1.82, 2.24) is 14.6 Å². The zero-order valence-electron chi connectivity index (χ0n) is 12.7. The molecule has 12 heteroatoms. The third-order valence-electron chi connectivity index (χ3n) is 3.32. The van der Waals surface area contributed by atoms with E-state index in [1.807, 2.05) is 6.92 Å². The number of rotatable bonds is 7. The van der Waals surface area contributed by atoms with Gasteiger partial charge in [0.15, 0.2) is 4.21 Å². The molecule has 132 valence electrons. The van der Waals surface area contributed by atoms with E-state index < -0.39 is 30.5 Å². The van der Waals surface area contributed by atoms with Crippen LogP contribution in [0.5, 0.6) is 0 Å². The Morgan fingerprint density at radius 3 is 2.78 bits per heavy atom. The number of ether oxygens (including phenoxy) is 1. The number of sulfonamides is 1. The van der Waals surface area contributed by atoms with Crippen LogP contribution in [0.4, 0.5) is 0 Å². The van der Waals surface area contributed by atoms with Crippen molar-refractivity contribution < 1.29 is 26.1 Å². The van der Waals surface area contributed by atoms with E-state index >= 15 is 0 Å². The van der Waals surface area contributed by atoms with Gasteiger partial charge in [-0.25, -0.2) is 13.4 Å². The zero-order valence-corrected chi connectivity index (χ0v) is 15.2. The van der Waals surface area contributed by atoms with Crippen molar-refractivity contribution in [1.29, 1.82) is 0 Å². The van der Waals surface area contributed by atoms with Gasteiger partial charge in [-0.15, -0.1) is 0 Å². The molecule has 0 aliphatic carbocycles. The lowest BCUT2D eigenvalue weighted by Crippen LogP contribution is -2.44. The smallest absolute Gasteiger partial charge is 0.322 e. The Labute approximate surface area is 139 Å². The first kappa shape index (κ1) is 18.7. The molecule has 1 atom stereocenters. The van der Waals surface area contributed by atoms with Gasteiger partial charge in [0, 0.05) is 26.8 Å². The van der Waals surface area contributed by atoms with Crippen molar-refractivity contribution in [2.24, 2.45) is 0 Å². The van der Waals surface area contributed by atoms with Gasteiger partial charge in [0.2, 0.25) is 4.34 Å². The number of hydrogen-bond donors (Lipinski definition) is 2. The molecule has 0 amide bonds. The van der Waals surface area contributed by atoms with Crippen LogP contribution in [-0.2, 0) is 24.9 Å². The number of nitrogens with zero attached hydrogens (tertiary/aromatic N) is 2. The van der Waals surface area contributed by atoms with Gasteiger partial charge in [0.1, 0.15) is 0 Å². The molecule has 0 saturated heterocycles. The molecule has 23 heavy (non-hydrogen) atoms. The number of likely N-dealkylation sites (N-methyl/N-ethyl adjacent to an activating group) is 1. The number of fused-ring (bicyclic) bond motifs is 1. The van der Waals surface area contributed by atoms with Crippen LogP contribution >= 0.6 is 11.3 Å². The first-order chi connectivity index (χ1) is 10.7. The largest absolute Gasteiger partial charge is 0.385 e. The SMILES string of the molecule is CCN[C@H]1CN(CCCOC)S(=O)(=O)c2sc(S(=O)(=O)O)nc21. The lowest BCUT2D eigenvalue weighted by atomic mass is 10.2. The molecule has 0 unspecified atom stereocenters. The third kappa shape index (κ3) is 3.90. The van der Waals surface area contributed by atoms with E-state index in [0.29, 0.717) is 30.9 Å². The summed E-state index contributed by atoms with van der Waals surface area (Å²) in [7, 11) is -6.85. The second kappa shape index (κ2) is 7.09. The van der Waals surface area contributed by atoms with Crippen LogP contribution < -0.4 is 5.32 Å². The molecule has 0 fully saturated rings. The van der Waals surface area contributed by atoms with Gasteiger partial charge in [-0.1, -0.05) is 18.3 Å². The predicted molar refractivity (Wildman–Crippen MR) is 83.6 cm³/mol. The van der Waals surface area contributed by atoms with Crippen molar-refractivity contribution in [2.45, 2.75) is 27.9 Å². The first-order valence-corrected chi connectivity index (χ1v) is 10.6. The van der Waals surface area contributed by atoms with Gasteiger partial charge in [0.25, 0.3) is 10.0 Å². The summed E-state index contributed by atoms with van der Waals surface area (Å²) in [5, 5.41) is 3.09. The molecule has 9 nitrogen and oxygen atoms in total. The molecular weight excluding hydrogens is 366 g/mol. The van der Waals surface area contributed by atoms with Gasteiger partial charge in [-0.05, 0) is 13.0 Å². The highest BCUT2D eigenvalue weighted by Crippen LogP contribution is 2.37. The summed E-state index contributed by atoms with van der Waals surface area (Å²) in [6, 6.07) is -0.423. The molecule has 0 saturated carbocycles. The predicted octanol–water partition coefficient (Wildman–Crippen LogP) is 0.0812. The molecule has 1 aliphatic heterocycles. The highest BCUT2D eigenvalue weighted by Gasteiger charge is 2.41. The molecule has 0 bridgehead atoms. The van der Waals surface area contributed by atoms with E-state index in [-0.39, 0.29) is 23.0 Å². The summed E-state index contributed by atoms with van der Waals surface area (Å²) < 4.78 is 62.4. The van der Waals surface area contributed by atoms with Crippen molar-refractivity contribution in [2.75, 3.05) is 33.4 Å². The van der Waals surface area contributed by atoms with Crippen molar-refractivity contribution in [3.63, 3.8) is 0 Å². The van der Waals surface area contributed by atoms with Gasteiger partial charge in [-0.2, -0.15) is 12.7 Å². The fourth-order valence-corrected chi connectivity index (χ4v) is 6.34. The van der Waals surface area contributed by atoms with Crippen LogP contribution in [0, 0.1) is 0 Å². The van der Waals surface area contributed by atoms with Crippen molar-refractivity contribution in [3.8, 4) is 0 Å². The molecule has 2 heterocycles. The quantitative estimate of drug-likeness (QED) is 0.499. The maximum Gasteiger partial charge on any atom is 0.322 e. The molecule has 0 radical (unpaired) electrons. The summed E-state index contributed by atoms with van der Waals surface area (Å²) >= 11 is 0.472. The second-order valence-electron chi connectivity index (χ2n) is 4.95. The Morgan fingerprint density at radius 1 is 1.52 bits per heavy atom. The number of hydrogen-bond acceptors (Lipinski definition) is 8. The van der Waals surface area contributed by atoms with Crippen LogP contribution in [0.1, 0.15) is 25.1 Å². The second-order valence-corrected chi connectivity index (χ2v) is 9.67. The molecule has 1 aromatic heterocycles. The average molecular weight is 385 g/mol. The zero-order chi connectivity index (χ0) is 17.3. The van der Waals surface area contributed by atoms with Gasteiger partial charge >= 0.3 is 10.1 Å². The minimum Gasteiger partial charge on any atom is -0.385 e. The van der Waals surface area contributed by atoms with Gasteiger partial charge in [-0.3, -0.25) is 4.55 Å². The summed E-state index contributed by atoms with van der Waals surface area (Å²) in [5.74, 6) is 0. The first-order valence-electron chi connectivity index (χ1n) is 6.92. The minimum absolute atomic E-state index is 0.139. The minimum atomic E-state index is -4.55. The molecule has 1 aromatic rings. The number of nitrogens with one attached hydrogen (secondary N) is 1. The third-order valence-corrected chi connectivity index (χ3v) is 7.96. The Morgan fingerprint density at radius 2 is 2.22 bits per heavy atom. The van der Waals surface area contributed by atoms with Crippen LogP contribution in [0.25, 0.3) is 0 Å². The normalized spacial score (nSPS) is 21.3. The number of thiazole rings is 1. The maximum absolute atomic E-state index is 12.6. The monoisotopic (exact) mass is 385 g/mol. The number of aromatic nitrogens is 1. The molecule has 0 spiro atoms. The Balaban J connectivity index is 2.44. The lowest BCUT2D eigenvalue weighted by Gasteiger charge is -2.31. The molecular formula is C11H19N3O6S3. The highest BCUT2D eigenvalue weighted by atomic mass is 32.3. The van der Waals surface area contributed by atoms with E-state index in [9.17, 15) is 16.8 Å². The van der Waals surface area contributed by atoms with Crippen molar-refractivity contribution >= 4 is 31.5 Å².